The summed E-state index contributed by atoms with van der Waals surface area (Å²) in [5.41, 5.74) is 3.56. The van der Waals surface area contributed by atoms with Crippen molar-refractivity contribution in [2.75, 3.05) is 0 Å². The van der Waals surface area contributed by atoms with Gasteiger partial charge < -0.3 is 4.42 Å². The summed E-state index contributed by atoms with van der Waals surface area (Å²) >= 11 is 0. The lowest BCUT2D eigenvalue weighted by molar-refractivity contribution is 0.562. The van der Waals surface area contributed by atoms with E-state index in [9.17, 15) is 0 Å². The van der Waals surface area contributed by atoms with Crippen molar-refractivity contribution >= 4 is 22.6 Å². The maximum Gasteiger partial charge on any atom is 0.135 e. The zero-order valence-corrected chi connectivity index (χ0v) is 9.95. The predicted molar refractivity (Wildman–Crippen MR) is 67.3 cm³/mol. The van der Waals surface area contributed by atoms with E-state index in [2.05, 4.69) is 39.0 Å². The Hall–Kier alpha value is -1.50. The Labute approximate surface area is 95.1 Å². The highest BCUT2D eigenvalue weighted by atomic mass is 16.3. The largest absolute Gasteiger partial charge is 0.456 e. The molecule has 0 saturated heterocycles. The second kappa shape index (κ2) is 3.24. The van der Waals surface area contributed by atoms with E-state index in [4.69, 9.17) is 4.42 Å². The van der Waals surface area contributed by atoms with E-state index < -0.39 is 0 Å². The molecule has 0 radical (unpaired) electrons. The molecule has 1 heteroatoms. The Bertz CT molecular complexity index is 658. The topological polar surface area (TPSA) is 13.1 Å². The molecule has 0 spiro atoms. The third-order valence-electron chi connectivity index (χ3n) is 3.43. The summed E-state index contributed by atoms with van der Waals surface area (Å²) in [5, 5.41) is 2.55. The molecule has 2 aromatic rings. The molecule has 0 amide bonds. The first-order valence-corrected chi connectivity index (χ1v) is 5.92. The summed E-state index contributed by atoms with van der Waals surface area (Å²) in [6.45, 7) is 6.73. The quantitative estimate of drug-likeness (QED) is 0.708. The van der Waals surface area contributed by atoms with Crippen LogP contribution in [0.25, 0.3) is 22.6 Å². The molecule has 1 aliphatic carbocycles. The molecule has 3 rings (SSSR count). The van der Waals surface area contributed by atoms with Gasteiger partial charge in [0.05, 0.1) is 0 Å². The average Bonchev–Trinajstić information content (AvgIpc) is 2.71. The average molecular weight is 212 g/mol. The van der Waals surface area contributed by atoms with Gasteiger partial charge in [-0.1, -0.05) is 45.0 Å². The van der Waals surface area contributed by atoms with E-state index in [0.717, 1.165) is 11.0 Å². The van der Waals surface area contributed by atoms with Gasteiger partial charge in [-0.15, -0.1) is 0 Å². The van der Waals surface area contributed by atoms with Crippen molar-refractivity contribution < 1.29 is 4.42 Å². The summed E-state index contributed by atoms with van der Waals surface area (Å²) < 4.78 is 5.99. The number of fused-ring (bicyclic) bond motifs is 3. The van der Waals surface area contributed by atoms with Crippen LogP contribution in [0.15, 0.2) is 28.7 Å². The van der Waals surface area contributed by atoms with Crippen LogP contribution >= 0.6 is 0 Å². The molecule has 1 atom stereocenters. The van der Waals surface area contributed by atoms with Crippen LogP contribution in [0.5, 0.6) is 0 Å². The smallest absolute Gasteiger partial charge is 0.135 e. The number of hydrogen-bond donors (Lipinski definition) is 0. The summed E-state index contributed by atoms with van der Waals surface area (Å²) in [6.07, 6.45) is 2.33. The Kier molecular flexibility index (Phi) is 1.97. The van der Waals surface area contributed by atoms with Crippen LogP contribution in [-0.2, 0) is 0 Å². The van der Waals surface area contributed by atoms with Crippen LogP contribution in [0.1, 0.15) is 20.8 Å². The molecule has 0 aliphatic heterocycles. The zero-order valence-electron chi connectivity index (χ0n) is 9.95. The Balaban J connectivity index is 2.49. The van der Waals surface area contributed by atoms with Crippen LogP contribution in [-0.4, -0.2) is 0 Å². The van der Waals surface area contributed by atoms with Gasteiger partial charge in [0.25, 0.3) is 0 Å². The van der Waals surface area contributed by atoms with Gasteiger partial charge in [-0.3, -0.25) is 0 Å². The van der Waals surface area contributed by atoms with Crippen molar-refractivity contribution in [2.45, 2.75) is 20.8 Å². The van der Waals surface area contributed by atoms with Gasteiger partial charge in [0, 0.05) is 16.5 Å². The molecule has 0 saturated carbocycles. The van der Waals surface area contributed by atoms with Crippen molar-refractivity contribution in [3.05, 3.63) is 34.9 Å². The van der Waals surface area contributed by atoms with Crippen molar-refractivity contribution in [1.29, 1.82) is 0 Å². The van der Waals surface area contributed by atoms with Gasteiger partial charge >= 0.3 is 0 Å². The normalized spacial score (nSPS) is 19.2. The molecule has 1 aliphatic rings. The van der Waals surface area contributed by atoms with Gasteiger partial charge in [0.15, 0.2) is 0 Å². The summed E-state index contributed by atoms with van der Waals surface area (Å²) in [5.74, 6) is 1.06. The maximum absolute atomic E-state index is 5.99. The molecule has 1 aromatic heterocycles. The van der Waals surface area contributed by atoms with E-state index in [1.807, 2.05) is 12.1 Å². The number of furan rings is 1. The van der Waals surface area contributed by atoms with Gasteiger partial charge in [-0.25, -0.2) is 0 Å². The highest BCUT2D eigenvalue weighted by molar-refractivity contribution is 5.82. The van der Waals surface area contributed by atoms with Gasteiger partial charge in [0.2, 0.25) is 0 Å². The number of rotatable bonds is 1. The predicted octanol–water partition coefficient (Wildman–Crippen LogP) is 2.67. The standard InChI is InChI=1S/C15H16O/c1-9(2)14-10(3)8-12-11-6-4-5-7-13(11)16-15(12)14/h4-10H,1-3H3. The lowest BCUT2D eigenvalue weighted by atomic mass is 9.94. The number of benzene rings is 1. The molecular formula is C15H16O. The Morgan fingerprint density at radius 2 is 1.94 bits per heavy atom. The lowest BCUT2D eigenvalue weighted by Crippen LogP contribution is -2.19. The van der Waals surface area contributed by atoms with Crippen molar-refractivity contribution in [1.82, 2.24) is 0 Å². The summed E-state index contributed by atoms with van der Waals surface area (Å²) in [7, 11) is 0. The van der Waals surface area contributed by atoms with Gasteiger partial charge in [-0.2, -0.15) is 0 Å². The van der Waals surface area contributed by atoms with Crippen molar-refractivity contribution in [3.8, 4) is 0 Å². The number of hydrogen-bond acceptors (Lipinski definition) is 1. The first kappa shape index (κ1) is 9.71. The second-order valence-corrected chi connectivity index (χ2v) is 4.91. The molecule has 1 heterocycles. The van der Waals surface area contributed by atoms with Crippen LogP contribution in [0.3, 0.4) is 0 Å². The van der Waals surface area contributed by atoms with E-state index in [1.165, 1.54) is 16.2 Å². The van der Waals surface area contributed by atoms with Crippen molar-refractivity contribution in [2.24, 2.45) is 11.8 Å². The fourth-order valence-electron chi connectivity index (χ4n) is 2.78. The molecule has 0 fully saturated rings. The molecular weight excluding hydrogens is 196 g/mol. The molecule has 0 bridgehead atoms. The summed E-state index contributed by atoms with van der Waals surface area (Å²) in [6, 6.07) is 8.29. The van der Waals surface area contributed by atoms with Crippen LogP contribution in [0.4, 0.5) is 0 Å². The summed E-state index contributed by atoms with van der Waals surface area (Å²) in [4.78, 5) is 0. The van der Waals surface area contributed by atoms with E-state index >= 15 is 0 Å². The Morgan fingerprint density at radius 3 is 2.69 bits per heavy atom. The maximum atomic E-state index is 5.99. The molecule has 1 nitrogen and oxygen atoms in total. The third kappa shape index (κ3) is 1.18. The zero-order chi connectivity index (χ0) is 11.3. The molecule has 16 heavy (non-hydrogen) atoms. The van der Waals surface area contributed by atoms with Crippen LogP contribution in [0, 0.1) is 11.8 Å². The first-order chi connectivity index (χ1) is 7.68. The minimum atomic E-state index is 0.512. The SMILES string of the molecule is CC(C)C1=c2oc3ccccc3c2=CC1C. The highest BCUT2D eigenvalue weighted by Crippen LogP contribution is 2.24. The molecule has 0 N–H and O–H groups in total. The molecule has 1 aromatic carbocycles. The lowest BCUT2D eigenvalue weighted by Gasteiger charge is -2.10. The van der Waals surface area contributed by atoms with Crippen molar-refractivity contribution in [3.63, 3.8) is 0 Å². The van der Waals surface area contributed by atoms with E-state index in [1.54, 1.807) is 0 Å². The van der Waals surface area contributed by atoms with Crippen LogP contribution in [0.2, 0.25) is 0 Å². The molecule has 82 valence electrons. The number of para-hydroxylation sites is 1. The fourth-order valence-corrected chi connectivity index (χ4v) is 2.78. The third-order valence-corrected chi connectivity index (χ3v) is 3.43. The molecule has 1 unspecified atom stereocenters. The van der Waals surface area contributed by atoms with Crippen LogP contribution < -0.4 is 10.6 Å². The van der Waals surface area contributed by atoms with E-state index in [-0.39, 0.29) is 0 Å². The van der Waals surface area contributed by atoms with Gasteiger partial charge in [0.1, 0.15) is 11.0 Å². The minimum Gasteiger partial charge on any atom is -0.456 e. The second-order valence-electron chi connectivity index (χ2n) is 4.91. The Morgan fingerprint density at radius 1 is 1.19 bits per heavy atom. The first-order valence-electron chi connectivity index (χ1n) is 5.92. The van der Waals surface area contributed by atoms with E-state index in [0.29, 0.717) is 11.8 Å². The fraction of sp³-hybridized carbons (Fsp3) is 0.333. The highest BCUT2D eigenvalue weighted by Gasteiger charge is 2.20. The van der Waals surface area contributed by atoms with Gasteiger partial charge in [-0.05, 0) is 17.6 Å². The minimum absolute atomic E-state index is 0.512. The monoisotopic (exact) mass is 212 g/mol.